The zero-order chi connectivity index (χ0) is 8.27. The summed E-state index contributed by atoms with van der Waals surface area (Å²) in [7, 11) is 0. The number of benzene rings is 1. The Morgan fingerprint density at radius 1 is 1.55 bits per heavy atom. The van der Waals surface area contributed by atoms with Gasteiger partial charge in [0, 0.05) is 10.6 Å². The molecule has 11 heavy (non-hydrogen) atoms. The van der Waals surface area contributed by atoms with Crippen molar-refractivity contribution < 1.29 is 9.90 Å². The van der Waals surface area contributed by atoms with Crippen LogP contribution < -0.4 is 0 Å². The molecule has 0 saturated carbocycles. The van der Waals surface area contributed by atoms with E-state index in [0.29, 0.717) is 22.4 Å². The lowest BCUT2D eigenvalue weighted by atomic mass is 10.1. The number of hydrogen-bond acceptors (Lipinski definition) is 2. The lowest BCUT2D eigenvalue weighted by Crippen LogP contribution is -1.91. The first kappa shape index (κ1) is 8.24. The van der Waals surface area contributed by atoms with E-state index in [-0.39, 0.29) is 6.61 Å². The predicted molar refractivity (Wildman–Crippen MR) is 42.8 cm³/mol. The minimum Gasteiger partial charge on any atom is -0.392 e. The molecule has 2 nitrogen and oxygen atoms in total. The Morgan fingerprint density at radius 3 is 2.82 bits per heavy atom. The topological polar surface area (TPSA) is 37.3 Å². The Balaban J connectivity index is 3.16. The van der Waals surface area contributed by atoms with Gasteiger partial charge in [-0.05, 0) is 17.7 Å². The molecule has 3 heteroatoms. The third-order valence-electron chi connectivity index (χ3n) is 1.41. The summed E-state index contributed by atoms with van der Waals surface area (Å²) in [5, 5.41) is 9.24. The van der Waals surface area contributed by atoms with Crippen molar-refractivity contribution in [2.75, 3.05) is 0 Å². The molecule has 58 valence electrons. The lowest BCUT2D eigenvalue weighted by Gasteiger charge is -1.99. The van der Waals surface area contributed by atoms with E-state index in [1.54, 1.807) is 12.1 Å². The van der Waals surface area contributed by atoms with Gasteiger partial charge in [0.1, 0.15) is 6.29 Å². The molecule has 0 aliphatic carbocycles. The Kier molecular flexibility index (Phi) is 2.63. The Bertz CT molecular complexity index is 271. The van der Waals surface area contributed by atoms with Gasteiger partial charge in [-0.1, -0.05) is 17.7 Å². The highest BCUT2D eigenvalue weighted by atomic mass is 35.5. The maximum atomic E-state index is 10.4. The van der Waals surface area contributed by atoms with Gasteiger partial charge >= 0.3 is 0 Å². The van der Waals surface area contributed by atoms with Gasteiger partial charge in [0.25, 0.3) is 0 Å². The fourth-order valence-electron chi connectivity index (χ4n) is 0.819. The van der Waals surface area contributed by atoms with Gasteiger partial charge in [0.05, 0.1) is 6.61 Å². The van der Waals surface area contributed by atoms with Crippen LogP contribution in [0.3, 0.4) is 0 Å². The van der Waals surface area contributed by atoms with E-state index in [1.165, 1.54) is 6.07 Å². The summed E-state index contributed by atoms with van der Waals surface area (Å²) in [6.07, 6.45) is 0.678. The van der Waals surface area contributed by atoms with Crippen LogP contribution in [-0.2, 0) is 6.61 Å². The van der Waals surface area contributed by atoms with Crippen molar-refractivity contribution in [1.29, 1.82) is 0 Å². The first-order chi connectivity index (χ1) is 5.27. The fraction of sp³-hybridized carbons (Fsp3) is 0.125. The van der Waals surface area contributed by atoms with E-state index in [9.17, 15) is 4.79 Å². The van der Waals surface area contributed by atoms with Crippen LogP contribution in [0.15, 0.2) is 18.2 Å². The molecular weight excluding hydrogens is 164 g/mol. The number of carbonyl (C=O) groups excluding carboxylic acids is 1. The molecule has 0 amide bonds. The predicted octanol–water partition coefficient (Wildman–Crippen LogP) is 1.64. The van der Waals surface area contributed by atoms with Crippen molar-refractivity contribution in [1.82, 2.24) is 0 Å². The second kappa shape index (κ2) is 3.51. The van der Waals surface area contributed by atoms with Gasteiger partial charge < -0.3 is 5.11 Å². The molecule has 0 aromatic heterocycles. The van der Waals surface area contributed by atoms with E-state index in [1.807, 2.05) is 0 Å². The Labute approximate surface area is 69.4 Å². The molecule has 0 unspecified atom stereocenters. The van der Waals surface area contributed by atoms with Crippen molar-refractivity contribution in [2.24, 2.45) is 0 Å². The van der Waals surface area contributed by atoms with Crippen LogP contribution in [0, 0.1) is 0 Å². The average Bonchev–Trinajstić information content (AvgIpc) is 2.04. The quantitative estimate of drug-likeness (QED) is 0.686. The second-order valence-electron chi connectivity index (χ2n) is 2.12. The highest BCUT2D eigenvalue weighted by Gasteiger charge is 1.99. The average molecular weight is 171 g/mol. The summed E-state index contributed by atoms with van der Waals surface area (Å²) in [5.41, 5.74) is 1.05. The van der Waals surface area contributed by atoms with Gasteiger partial charge in [-0.15, -0.1) is 0 Å². The fourth-order valence-corrected chi connectivity index (χ4v) is 1.00. The number of aliphatic hydroxyl groups excluding tert-OH is 1. The number of carbonyl (C=O) groups is 1. The smallest absolute Gasteiger partial charge is 0.150 e. The molecule has 0 aliphatic heterocycles. The van der Waals surface area contributed by atoms with Gasteiger partial charge in [-0.3, -0.25) is 4.79 Å². The number of hydrogen-bond donors (Lipinski definition) is 1. The van der Waals surface area contributed by atoms with Crippen molar-refractivity contribution in [3.05, 3.63) is 34.3 Å². The second-order valence-corrected chi connectivity index (χ2v) is 2.56. The largest absolute Gasteiger partial charge is 0.392 e. The van der Waals surface area contributed by atoms with Crippen molar-refractivity contribution >= 4 is 17.9 Å². The maximum Gasteiger partial charge on any atom is 0.150 e. The Hall–Kier alpha value is -0.860. The van der Waals surface area contributed by atoms with Crippen LogP contribution in [0.4, 0.5) is 0 Å². The maximum absolute atomic E-state index is 10.4. The Morgan fingerprint density at radius 2 is 2.27 bits per heavy atom. The van der Waals surface area contributed by atoms with Crippen LogP contribution in [0.25, 0.3) is 0 Å². The van der Waals surface area contributed by atoms with E-state index < -0.39 is 0 Å². The van der Waals surface area contributed by atoms with Gasteiger partial charge in [0.2, 0.25) is 0 Å². The van der Waals surface area contributed by atoms with Crippen LogP contribution >= 0.6 is 11.6 Å². The lowest BCUT2D eigenvalue weighted by molar-refractivity contribution is 0.112. The molecule has 0 heterocycles. The molecule has 1 rings (SSSR count). The van der Waals surface area contributed by atoms with Gasteiger partial charge in [-0.2, -0.15) is 0 Å². The molecule has 0 atom stereocenters. The van der Waals surface area contributed by atoms with Gasteiger partial charge in [-0.25, -0.2) is 0 Å². The van der Waals surface area contributed by atoms with Crippen LogP contribution in [-0.4, -0.2) is 11.4 Å². The van der Waals surface area contributed by atoms with E-state index >= 15 is 0 Å². The van der Waals surface area contributed by atoms with Crippen molar-refractivity contribution in [2.45, 2.75) is 6.61 Å². The summed E-state index contributed by atoms with van der Waals surface area (Å²) in [6, 6.07) is 4.80. The highest BCUT2D eigenvalue weighted by Crippen LogP contribution is 2.14. The van der Waals surface area contributed by atoms with E-state index in [4.69, 9.17) is 16.7 Å². The van der Waals surface area contributed by atoms with Crippen LogP contribution in [0.2, 0.25) is 5.02 Å². The normalized spacial score (nSPS) is 9.64. The van der Waals surface area contributed by atoms with Crippen molar-refractivity contribution in [3.8, 4) is 0 Å². The zero-order valence-electron chi connectivity index (χ0n) is 5.75. The molecule has 0 bridgehead atoms. The number of aliphatic hydroxyl groups is 1. The third kappa shape index (κ3) is 1.79. The molecule has 1 N–H and O–H groups in total. The molecular formula is C8H7ClO2. The monoisotopic (exact) mass is 170 g/mol. The third-order valence-corrected chi connectivity index (χ3v) is 1.64. The minimum atomic E-state index is -0.134. The molecule has 1 aromatic carbocycles. The molecule has 0 fully saturated rings. The molecule has 0 saturated heterocycles. The SMILES string of the molecule is O=Cc1cc(Cl)ccc1CO. The standard InChI is InChI=1S/C8H7ClO2/c9-8-2-1-6(4-10)7(3-8)5-11/h1-3,5,10H,4H2. The van der Waals surface area contributed by atoms with E-state index in [2.05, 4.69) is 0 Å². The van der Waals surface area contributed by atoms with E-state index in [0.717, 1.165) is 0 Å². The number of rotatable bonds is 2. The zero-order valence-corrected chi connectivity index (χ0v) is 6.51. The summed E-state index contributed by atoms with van der Waals surface area (Å²) >= 11 is 5.61. The first-order valence-electron chi connectivity index (χ1n) is 3.12. The van der Waals surface area contributed by atoms with Crippen molar-refractivity contribution in [3.63, 3.8) is 0 Å². The summed E-state index contributed by atoms with van der Waals surface area (Å²) in [5.74, 6) is 0. The molecule has 1 aromatic rings. The van der Waals surface area contributed by atoms with Crippen LogP contribution in [0.1, 0.15) is 15.9 Å². The summed E-state index contributed by atoms with van der Waals surface area (Å²) in [6.45, 7) is -0.134. The highest BCUT2D eigenvalue weighted by molar-refractivity contribution is 6.30. The molecule has 0 spiro atoms. The minimum absolute atomic E-state index is 0.134. The van der Waals surface area contributed by atoms with Crippen LogP contribution in [0.5, 0.6) is 0 Å². The summed E-state index contributed by atoms with van der Waals surface area (Å²) < 4.78 is 0. The summed E-state index contributed by atoms with van der Waals surface area (Å²) in [4.78, 5) is 10.4. The number of aldehydes is 1. The molecule has 0 radical (unpaired) electrons. The number of halogens is 1. The molecule has 0 aliphatic rings. The first-order valence-corrected chi connectivity index (χ1v) is 3.50. The van der Waals surface area contributed by atoms with Gasteiger partial charge in [0.15, 0.2) is 0 Å².